The molecule has 4 aromatic rings. The molecule has 2 heterocycles. The van der Waals surface area contributed by atoms with E-state index in [0.29, 0.717) is 17.1 Å². The van der Waals surface area contributed by atoms with Crippen molar-refractivity contribution >= 4 is 34.0 Å². The highest BCUT2D eigenvalue weighted by atomic mass is 32.1. The number of thiazole rings is 1. The summed E-state index contributed by atoms with van der Waals surface area (Å²) < 4.78 is 4.95. The van der Waals surface area contributed by atoms with E-state index in [9.17, 15) is 19.7 Å². The molecule has 0 aliphatic carbocycles. The van der Waals surface area contributed by atoms with Gasteiger partial charge in [0, 0.05) is 28.6 Å². The molecule has 13 heteroatoms. The third-order valence-electron chi connectivity index (χ3n) is 4.22. The van der Waals surface area contributed by atoms with Crippen molar-refractivity contribution in [3.8, 4) is 22.6 Å². The third kappa shape index (κ3) is 5.59. The summed E-state index contributed by atoms with van der Waals surface area (Å²) in [6.07, 6.45) is 0. The summed E-state index contributed by atoms with van der Waals surface area (Å²) in [7, 11) is 0. The van der Waals surface area contributed by atoms with Crippen LogP contribution in [-0.4, -0.2) is 48.6 Å². The number of rotatable bonds is 8. The Balaban J connectivity index is 1.28. The minimum absolute atomic E-state index is 0.0595. The second-order valence-electron chi connectivity index (χ2n) is 6.56. The van der Waals surface area contributed by atoms with Gasteiger partial charge >= 0.3 is 5.97 Å². The smallest absolute Gasteiger partial charge is 0.330 e. The van der Waals surface area contributed by atoms with Gasteiger partial charge in [-0.1, -0.05) is 42.5 Å². The van der Waals surface area contributed by atoms with Crippen LogP contribution in [0, 0.1) is 10.1 Å². The molecule has 0 aliphatic heterocycles. The summed E-state index contributed by atoms with van der Waals surface area (Å²) in [4.78, 5) is 39.8. The number of nitro benzene ring substituents is 1. The molecule has 0 unspecified atom stereocenters. The van der Waals surface area contributed by atoms with E-state index in [1.165, 1.54) is 12.1 Å². The average molecular weight is 465 g/mol. The zero-order valence-electron chi connectivity index (χ0n) is 16.8. The molecule has 0 saturated heterocycles. The Bertz CT molecular complexity index is 1300. The van der Waals surface area contributed by atoms with Crippen LogP contribution in [-0.2, 0) is 20.9 Å². The fourth-order valence-electron chi connectivity index (χ4n) is 2.72. The average Bonchev–Trinajstić information content (AvgIpc) is 3.48. The van der Waals surface area contributed by atoms with E-state index in [2.05, 4.69) is 25.7 Å². The van der Waals surface area contributed by atoms with Crippen LogP contribution < -0.4 is 5.32 Å². The molecule has 4 rings (SSSR count). The number of nitro groups is 1. The maximum atomic E-state index is 12.1. The maximum absolute atomic E-state index is 12.1. The standard InChI is InChI=1S/C20H15N7O5S/c28-17(22-20-21-16(12-33-20)14-7-4-8-15(9-14)27(30)31)11-32-18(29)10-26-24-19(23-25-26)13-5-2-1-3-6-13/h1-9,12H,10-11H2,(H,21,22,28). The molecule has 1 amide bonds. The molecule has 0 radical (unpaired) electrons. The second kappa shape index (κ2) is 9.74. The number of carbonyl (C=O) groups excluding carboxylic acids is 2. The molecule has 33 heavy (non-hydrogen) atoms. The molecule has 0 fully saturated rings. The molecule has 1 N–H and O–H groups in total. The summed E-state index contributed by atoms with van der Waals surface area (Å²) in [6, 6.07) is 15.1. The van der Waals surface area contributed by atoms with Gasteiger partial charge in [0.05, 0.1) is 10.6 Å². The summed E-state index contributed by atoms with van der Waals surface area (Å²) in [6.45, 7) is -0.827. The van der Waals surface area contributed by atoms with Crippen LogP contribution in [0.2, 0.25) is 0 Å². The highest BCUT2D eigenvalue weighted by Gasteiger charge is 2.14. The van der Waals surface area contributed by atoms with E-state index < -0.39 is 23.4 Å². The van der Waals surface area contributed by atoms with Crippen molar-refractivity contribution in [2.45, 2.75) is 6.54 Å². The van der Waals surface area contributed by atoms with Crippen LogP contribution in [0.1, 0.15) is 0 Å². The Hall–Kier alpha value is -4.52. The number of nitrogens with one attached hydrogen (secondary N) is 1. The number of hydrogen-bond acceptors (Lipinski definition) is 10. The lowest BCUT2D eigenvalue weighted by Crippen LogP contribution is -2.23. The normalized spacial score (nSPS) is 10.5. The van der Waals surface area contributed by atoms with Crippen molar-refractivity contribution in [1.29, 1.82) is 0 Å². The predicted molar refractivity (Wildman–Crippen MR) is 117 cm³/mol. The van der Waals surface area contributed by atoms with E-state index in [1.807, 2.05) is 30.3 Å². The van der Waals surface area contributed by atoms with Crippen molar-refractivity contribution in [3.05, 3.63) is 70.1 Å². The summed E-state index contributed by atoms with van der Waals surface area (Å²) in [5, 5.41) is 27.2. The minimum Gasteiger partial charge on any atom is -0.454 e. The quantitative estimate of drug-likeness (QED) is 0.235. The van der Waals surface area contributed by atoms with Crippen molar-refractivity contribution in [2.75, 3.05) is 11.9 Å². The largest absolute Gasteiger partial charge is 0.454 e. The van der Waals surface area contributed by atoms with Gasteiger partial charge in [0.15, 0.2) is 18.3 Å². The van der Waals surface area contributed by atoms with Crippen molar-refractivity contribution < 1.29 is 19.2 Å². The number of ether oxygens (including phenoxy) is 1. The first-order valence-electron chi connectivity index (χ1n) is 9.47. The van der Waals surface area contributed by atoms with E-state index >= 15 is 0 Å². The minimum atomic E-state index is -0.710. The Kier molecular flexibility index (Phi) is 6.40. The summed E-state index contributed by atoms with van der Waals surface area (Å²) in [5.41, 5.74) is 1.71. The Morgan fingerprint density at radius 1 is 1.12 bits per heavy atom. The highest BCUT2D eigenvalue weighted by molar-refractivity contribution is 7.14. The topological polar surface area (TPSA) is 155 Å². The number of aromatic nitrogens is 5. The SMILES string of the molecule is O=C(COC(=O)Cn1nnc(-c2ccccc2)n1)Nc1nc(-c2cccc([N+](=O)[O-])c2)cs1. The number of tetrazole rings is 1. The Morgan fingerprint density at radius 2 is 1.91 bits per heavy atom. The molecule has 166 valence electrons. The second-order valence-corrected chi connectivity index (χ2v) is 7.42. The number of benzene rings is 2. The van der Waals surface area contributed by atoms with E-state index in [4.69, 9.17) is 4.74 Å². The maximum Gasteiger partial charge on any atom is 0.330 e. The molecule has 0 bridgehead atoms. The molecule has 0 atom stereocenters. The molecular formula is C20H15N7O5S. The highest BCUT2D eigenvalue weighted by Crippen LogP contribution is 2.27. The van der Waals surface area contributed by atoms with Crippen LogP contribution in [0.25, 0.3) is 22.6 Å². The van der Waals surface area contributed by atoms with Crippen LogP contribution in [0.15, 0.2) is 60.0 Å². The van der Waals surface area contributed by atoms with Gasteiger partial charge in [-0.2, -0.15) is 4.80 Å². The van der Waals surface area contributed by atoms with Crippen LogP contribution >= 0.6 is 11.3 Å². The van der Waals surface area contributed by atoms with Gasteiger partial charge in [0.2, 0.25) is 5.82 Å². The van der Waals surface area contributed by atoms with Gasteiger partial charge in [-0.3, -0.25) is 20.2 Å². The van der Waals surface area contributed by atoms with Gasteiger partial charge in [0.1, 0.15) is 0 Å². The number of hydrogen-bond donors (Lipinski definition) is 1. The van der Waals surface area contributed by atoms with Crippen LogP contribution in [0.4, 0.5) is 10.8 Å². The molecule has 0 aliphatic rings. The van der Waals surface area contributed by atoms with Gasteiger partial charge in [-0.15, -0.1) is 21.5 Å². The molecule has 2 aromatic heterocycles. The first-order valence-corrected chi connectivity index (χ1v) is 10.3. The summed E-state index contributed by atoms with van der Waals surface area (Å²) in [5.74, 6) is -0.928. The van der Waals surface area contributed by atoms with E-state index in [-0.39, 0.29) is 17.4 Å². The van der Waals surface area contributed by atoms with Gasteiger partial charge < -0.3 is 4.74 Å². The summed E-state index contributed by atoms with van der Waals surface area (Å²) >= 11 is 1.14. The van der Waals surface area contributed by atoms with E-state index in [1.54, 1.807) is 17.5 Å². The van der Waals surface area contributed by atoms with Gasteiger partial charge in [0.25, 0.3) is 11.6 Å². The zero-order chi connectivity index (χ0) is 23.2. The molecule has 0 spiro atoms. The van der Waals surface area contributed by atoms with Crippen molar-refractivity contribution in [3.63, 3.8) is 0 Å². The fourth-order valence-corrected chi connectivity index (χ4v) is 3.45. The van der Waals surface area contributed by atoms with E-state index in [0.717, 1.165) is 21.7 Å². The first-order chi connectivity index (χ1) is 16.0. The molecule has 0 saturated carbocycles. The predicted octanol–water partition coefficient (Wildman–Crippen LogP) is 2.55. The molecule has 2 aromatic carbocycles. The molecular weight excluding hydrogens is 450 g/mol. The van der Waals surface area contributed by atoms with Crippen LogP contribution in [0.5, 0.6) is 0 Å². The van der Waals surface area contributed by atoms with Crippen molar-refractivity contribution in [1.82, 2.24) is 25.2 Å². The number of nitrogens with zero attached hydrogens (tertiary/aromatic N) is 6. The van der Waals surface area contributed by atoms with Crippen molar-refractivity contribution in [2.24, 2.45) is 0 Å². The number of non-ortho nitro benzene ring substituents is 1. The van der Waals surface area contributed by atoms with Gasteiger partial charge in [-0.25, -0.2) is 9.78 Å². The number of anilines is 1. The lowest BCUT2D eigenvalue weighted by Gasteiger charge is -2.04. The lowest BCUT2D eigenvalue weighted by atomic mass is 10.1. The Labute approximate surface area is 190 Å². The Morgan fingerprint density at radius 3 is 2.70 bits per heavy atom. The molecule has 12 nitrogen and oxygen atoms in total. The number of esters is 1. The van der Waals surface area contributed by atoms with Gasteiger partial charge in [-0.05, 0) is 5.21 Å². The monoisotopic (exact) mass is 465 g/mol. The number of carbonyl (C=O) groups is 2. The number of amides is 1. The lowest BCUT2D eigenvalue weighted by molar-refractivity contribution is -0.384. The first kappa shape index (κ1) is 21.7. The third-order valence-corrected chi connectivity index (χ3v) is 4.98. The van der Waals surface area contributed by atoms with Crippen LogP contribution in [0.3, 0.4) is 0 Å². The zero-order valence-corrected chi connectivity index (χ0v) is 17.6. The fraction of sp³-hybridized carbons (Fsp3) is 0.100.